The van der Waals surface area contributed by atoms with Crippen LogP contribution in [0.25, 0.3) is 22.2 Å². The zero-order valence-corrected chi connectivity index (χ0v) is 26.4. The predicted octanol–water partition coefficient (Wildman–Crippen LogP) is -3.17. The average molecular weight is 744 g/mol. The Hall–Kier alpha value is -3.16. The van der Waals surface area contributed by atoms with Crippen LogP contribution in [0.3, 0.4) is 0 Å². The molecule has 2 fully saturated rings. The van der Waals surface area contributed by atoms with E-state index >= 15 is 0 Å². The number of nitrogens with two attached hydrogens (primary N) is 2. The zero-order chi connectivity index (χ0) is 35.3. The van der Waals surface area contributed by atoms with Crippen molar-refractivity contribution in [2.75, 3.05) is 24.7 Å². The van der Waals surface area contributed by atoms with Gasteiger partial charge in [-0.05, 0) is 6.07 Å². The van der Waals surface area contributed by atoms with E-state index in [-0.39, 0.29) is 39.2 Å². The molecule has 264 valence electrons. The molecule has 6 rings (SSSR count). The molecule has 48 heavy (non-hydrogen) atoms. The van der Waals surface area contributed by atoms with Gasteiger partial charge in [0.1, 0.15) is 42.1 Å². The minimum atomic E-state index is -4.75. The van der Waals surface area contributed by atoms with Crippen molar-refractivity contribution in [2.45, 2.75) is 49.1 Å². The summed E-state index contributed by atoms with van der Waals surface area (Å²) in [6.07, 6.45) is -7.74. The zero-order valence-electron chi connectivity index (χ0n) is 23.8. The number of aromatic nitrogens is 7. The van der Waals surface area contributed by atoms with E-state index in [0.29, 0.717) is 0 Å². The van der Waals surface area contributed by atoms with E-state index in [9.17, 15) is 34.4 Å². The minimum Gasteiger partial charge on any atom is -0.387 e. The molecule has 4 aromatic heterocycles. The van der Waals surface area contributed by atoms with E-state index in [2.05, 4.69) is 34.0 Å². The van der Waals surface area contributed by atoms with Crippen molar-refractivity contribution < 1.29 is 67.7 Å². The van der Waals surface area contributed by atoms with E-state index in [1.165, 1.54) is 27.7 Å². The number of nitrogens with zero attached hydrogens (tertiary/aromatic N) is 6. The Morgan fingerprint density at radius 1 is 0.854 bits per heavy atom. The number of phosphoric acid groups is 2. The molecule has 13 N–H and O–H groups in total. The molecule has 0 aliphatic carbocycles. The third-order valence-electron chi connectivity index (χ3n) is 7.03. The number of aliphatic hydroxyl groups is 4. The smallest absolute Gasteiger partial charge is 0.387 e. The highest BCUT2D eigenvalue weighted by atomic mass is 35.5. The van der Waals surface area contributed by atoms with Gasteiger partial charge in [-0.25, -0.2) is 14.1 Å². The van der Waals surface area contributed by atoms with Gasteiger partial charge in [0.15, 0.2) is 28.9 Å². The fourth-order valence-electron chi connectivity index (χ4n) is 4.88. The molecule has 0 aromatic carbocycles. The Labute approximate surface area is 270 Å². The second-order valence-electron chi connectivity index (χ2n) is 10.3. The highest BCUT2D eigenvalue weighted by Gasteiger charge is 2.46. The maximum Gasteiger partial charge on any atom is 0.469 e. The van der Waals surface area contributed by atoms with Gasteiger partial charge >= 0.3 is 15.6 Å². The summed E-state index contributed by atoms with van der Waals surface area (Å²) >= 11 is 5.91. The summed E-state index contributed by atoms with van der Waals surface area (Å²) in [7, 11) is -9.49. The van der Waals surface area contributed by atoms with Gasteiger partial charge in [-0.15, -0.1) is 0 Å². The van der Waals surface area contributed by atoms with E-state index in [1.807, 2.05) is 0 Å². The topological polar surface area (TPSA) is 379 Å². The van der Waals surface area contributed by atoms with Crippen LogP contribution in [0.1, 0.15) is 12.5 Å². The van der Waals surface area contributed by atoms with Crippen LogP contribution in [0.4, 0.5) is 11.9 Å². The number of anilines is 2. The molecule has 2 aliphatic heterocycles. The summed E-state index contributed by atoms with van der Waals surface area (Å²) in [5, 5.41) is 40.4. The number of halogens is 1. The molecule has 0 unspecified atom stereocenters. The van der Waals surface area contributed by atoms with E-state index in [1.54, 1.807) is 0 Å². The normalized spacial score (nSPS) is 27.9. The summed E-state index contributed by atoms with van der Waals surface area (Å²) in [6.45, 7) is -1.25. The van der Waals surface area contributed by atoms with Crippen molar-refractivity contribution >= 4 is 61.3 Å². The number of hydrogen-bond donors (Lipinski definition) is 11. The molecule has 27 heteroatoms. The van der Waals surface area contributed by atoms with Crippen LogP contribution < -0.4 is 17.0 Å². The molecule has 0 radical (unpaired) electrons. The lowest BCUT2D eigenvalue weighted by atomic mass is 10.1. The number of hydrogen-bond acceptors (Lipinski definition) is 17. The molecule has 2 saturated heterocycles. The van der Waals surface area contributed by atoms with Gasteiger partial charge in [-0.3, -0.25) is 23.4 Å². The van der Waals surface area contributed by atoms with E-state index in [0.717, 1.165) is 0 Å². The lowest BCUT2D eigenvalue weighted by molar-refractivity contribution is -0.0503. The summed E-state index contributed by atoms with van der Waals surface area (Å²) in [4.78, 5) is 64.6. The molecule has 8 atom stereocenters. The van der Waals surface area contributed by atoms with Gasteiger partial charge in [0.25, 0.3) is 5.56 Å². The monoisotopic (exact) mass is 743 g/mol. The number of nitrogens with one attached hydrogen (secondary N) is 1. The highest BCUT2D eigenvalue weighted by Crippen LogP contribution is 2.40. The number of nitrogen functional groups attached to an aromatic ring is 2. The lowest BCUT2D eigenvalue weighted by Gasteiger charge is -2.17. The second kappa shape index (κ2) is 13.6. The van der Waals surface area contributed by atoms with Crippen molar-refractivity contribution in [1.29, 1.82) is 0 Å². The molecule has 0 amide bonds. The Morgan fingerprint density at radius 2 is 1.40 bits per heavy atom. The number of ether oxygens (including phenoxy) is 2. The summed E-state index contributed by atoms with van der Waals surface area (Å²) in [6, 6.07) is 1.43. The molecule has 0 saturated carbocycles. The quantitative estimate of drug-likeness (QED) is 0.0626. The maximum absolute atomic E-state index is 11.8. The number of rotatable bonds is 8. The first kappa shape index (κ1) is 36.1. The largest absolute Gasteiger partial charge is 0.469 e. The van der Waals surface area contributed by atoms with Gasteiger partial charge in [-0.2, -0.15) is 15.0 Å². The van der Waals surface area contributed by atoms with Crippen molar-refractivity contribution in [3.05, 3.63) is 34.1 Å². The van der Waals surface area contributed by atoms with Crippen molar-refractivity contribution in [1.82, 2.24) is 34.1 Å². The first-order valence-corrected chi connectivity index (χ1v) is 16.7. The number of fused-ring (bicyclic) bond motifs is 2. The van der Waals surface area contributed by atoms with Crippen LogP contribution in [-0.2, 0) is 27.7 Å². The average Bonchev–Trinajstić information content (AvgIpc) is 3.72. The molecule has 4 aromatic rings. The summed E-state index contributed by atoms with van der Waals surface area (Å²) in [5.41, 5.74) is 11.1. The van der Waals surface area contributed by atoms with Crippen LogP contribution >= 0.6 is 27.2 Å². The number of aromatic amines is 1. The van der Waals surface area contributed by atoms with Crippen LogP contribution in [-0.4, -0.2) is 124 Å². The second-order valence-corrected chi connectivity index (χ2v) is 13.1. The summed E-state index contributed by atoms with van der Waals surface area (Å²) < 4.78 is 43.5. The predicted molar refractivity (Wildman–Crippen MR) is 157 cm³/mol. The Balaban J connectivity index is 0.000000188. The van der Waals surface area contributed by atoms with Gasteiger partial charge in [0.2, 0.25) is 11.9 Å². The number of phosphoric ester groups is 2. The van der Waals surface area contributed by atoms with Gasteiger partial charge in [0, 0.05) is 6.20 Å². The number of aliphatic hydroxyl groups excluding tert-OH is 4. The molecule has 0 spiro atoms. The van der Waals surface area contributed by atoms with Crippen LogP contribution in [0.2, 0.25) is 5.15 Å². The van der Waals surface area contributed by atoms with Crippen LogP contribution in [0.5, 0.6) is 0 Å². The first-order chi connectivity index (χ1) is 22.3. The molecule has 6 heterocycles. The van der Waals surface area contributed by atoms with Crippen LogP contribution in [0, 0.1) is 0 Å². The van der Waals surface area contributed by atoms with E-state index in [4.69, 9.17) is 52.1 Å². The van der Waals surface area contributed by atoms with E-state index < -0.39 is 83.5 Å². The molecular formula is C21H28ClN9O15P2. The Kier molecular flexibility index (Phi) is 10.3. The third kappa shape index (κ3) is 7.68. The minimum absolute atomic E-state index is 0.00525. The van der Waals surface area contributed by atoms with Crippen molar-refractivity contribution in [2.24, 2.45) is 0 Å². The van der Waals surface area contributed by atoms with Crippen molar-refractivity contribution in [3.8, 4) is 0 Å². The Bertz CT molecular complexity index is 1950. The van der Waals surface area contributed by atoms with Crippen molar-refractivity contribution in [3.63, 3.8) is 0 Å². The van der Waals surface area contributed by atoms with Crippen LogP contribution in [0.15, 0.2) is 23.4 Å². The first-order valence-electron chi connectivity index (χ1n) is 13.3. The lowest BCUT2D eigenvalue weighted by Crippen LogP contribution is -2.33. The van der Waals surface area contributed by atoms with Gasteiger partial charge in [-0.1, -0.05) is 11.6 Å². The molecule has 0 bridgehead atoms. The molecular weight excluding hydrogens is 716 g/mol. The number of imidazole rings is 1. The third-order valence-corrected chi connectivity index (χ3v) is 8.27. The maximum atomic E-state index is 11.8. The van der Waals surface area contributed by atoms with Gasteiger partial charge < -0.3 is 65.5 Å². The SMILES string of the molecule is Nc1nc(Cl)c2ncn([C@@H]3O[C@H](COP(=O)(O)O)[C@@H](O)[C@H]3O)c2n1.Nc1nc2c(ccn2[C@@H]2O[C@H](COP(=O)(O)O)[C@@H](O)[C@H]2O)c(=O)[nH]1. The molecule has 24 nitrogen and oxygen atoms in total. The van der Waals surface area contributed by atoms with Gasteiger partial charge in [0.05, 0.1) is 24.9 Å². The Morgan fingerprint density at radius 3 is 1.94 bits per heavy atom. The standard InChI is InChI=1S/C11H15N4O8P.C10H13ClN5O7P/c12-11-13-8-4(9(18)14-11)1-2-15(8)10-7(17)6(16)5(23-10)3-22-24(19,20)21;11-7-4-8(15-10(12)14-7)16(2-13-4)9-6(18)5(17)3(23-9)1-22-24(19,20)21/h1-2,5-7,10,16-17H,3H2,(H2,19,20,21)(H3,12,13,14,18);2-3,5-6,9,17-18H,1H2,(H2,12,14,15)(H2,19,20,21)/t5-,6-,7-,10-;3-,5-,6-,9-/m11/s1. The summed E-state index contributed by atoms with van der Waals surface area (Å²) in [5.74, 6) is -0.259. The number of H-pyrrole nitrogens is 1. The fraction of sp³-hybridized carbons (Fsp3) is 0.476. The fourth-order valence-corrected chi connectivity index (χ4v) is 5.79. The highest BCUT2D eigenvalue weighted by molar-refractivity contribution is 7.46. The molecule has 2 aliphatic rings.